The van der Waals surface area contributed by atoms with Crippen molar-refractivity contribution in [1.82, 2.24) is 9.80 Å². The van der Waals surface area contributed by atoms with Gasteiger partial charge in [0.1, 0.15) is 5.75 Å². The van der Waals surface area contributed by atoms with Crippen molar-refractivity contribution in [2.24, 2.45) is 11.8 Å². The van der Waals surface area contributed by atoms with Gasteiger partial charge in [0.15, 0.2) is 6.61 Å². The number of hydrogen-bond acceptors (Lipinski definition) is 5. The number of carboxylic acids is 2. The molecule has 2 fully saturated rings. The van der Waals surface area contributed by atoms with E-state index in [1.807, 2.05) is 36.1 Å². The smallest absolute Gasteiger partial charge is 0.414 e. The minimum Gasteiger partial charge on any atom is -0.484 e. The first-order chi connectivity index (χ1) is 14.7. The number of piperidine rings is 2. The molecule has 0 saturated carbocycles. The molecule has 0 spiro atoms. The summed E-state index contributed by atoms with van der Waals surface area (Å²) in [6.45, 7) is 11.1. The summed E-state index contributed by atoms with van der Waals surface area (Å²) in [6.07, 6.45) is 3.54. The van der Waals surface area contributed by atoms with E-state index >= 15 is 0 Å². The molecule has 3 rings (SSSR count). The highest BCUT2D eigenvalue weighted by molar-refractivity contribution is 6.27. The molecule has 2 aliphatic rings. The Hall–Kier alpha value is -2.61. The van der Waals surface area contributed by atoms with E-state index in [1.54, 1.807) is 0 Å². The summed E-state index contributed by atoms with van der Waals surface area (Å²) >= 11 is 0. The Morgan fingerprint density at radius 3 is 1.97 bits per heavy atom. The van der Waals surface area contributed by atoms with Gasteiger partial charge < -0.3 is 19.8 Å². The molecule has 0 aromatic heterocycles. The van der Waals surface area contributed by atoms with Crippen LogP contribution in [0.4, 0.5) is 0 Å². The molecular weight excluding hydrogens is 400 g/mol. The minimum absolute atomic E-state index is 0.111. The molecule has 0 radical (unpaired) electrons. The number of hydrogen-bond donors (Lipinski definition) is 2. The minimum atomic E-state index is -1.82. The molecule has 2 unspecified atom stereocenters. The van der Waals surface area contributed by atoms with Crippen molar-refractivity contribution in [3.05, 3.63) is 29.8 Å². The standard InChI is InChI=1S/C21H32N2O2.C2H2O4/c1-16-4-6-20(7-5-16)25-15-21(24)22-10-8-19(9-11-22)23-13-17(2)12-18(3)14-23;3-1(4)2(5)6/h4-7,17-19H,8-15H2,1-3H3;(H,3,4)(H,5,6). The van der Waals surface area contributed by atoms with Crippen LogP contribution < -0.4 is 4.74 Å². The average molecular weight is 435 g/mol. The van der Waals surface area contributed by atoms with Gasteiger partial charge in [-0.25, -0.2) is 9.59 Å². The second-order valence-corrected chi connectivity index (χ2v) is 8.72. The van der Waals surface area contributed by atoms with E-state index in [9.17, 15) is 4.79 Å². The van der Waals surface area contributed by atoms with Crippen LogP contribution in [0.5, 0.6) is 5.75 Å². The predicted octanol–water partition coefficient (Wildman–Crippen LogP) is 2.50. The maximum absolute atomic E-state index is 12.4. The highest BCUT2D eigenvalue weighted by Gasteiger charge is 2.31. The quantitative estimate of drug-likeness (QED) is 0.701. The van der Waals surface area contributed by atoms with E-state index in [-0.39, 0.29) is 12.5 Å². The molecule has 0 aliphatic carbocycles. The van der Waals surface area contributed by atoms with Gasteiger partial charge in [-0.3, -0.25) is 9.69 Å². The number of aryl methyl sites for hydroxylation is 1. The Bertz CT molecular complexity index is 721. The van der Waals surface area contributed by atoms with Gasteiger partial charge in [-0.2, -0.15) is 0 Å². The lowest BCUT2D eigenvalue weighted by Crippen LogP contribution is -2.51. The first-order valence-electron chi connectivity index (χ1n) is 10.8. The van der Waals surface area contributed by atoms with E-state index in [4.69, 9.17) is 24.5 Å². The van der Waals surface area contributed by atoms with Crippen LogP contribution in [-0.4, -0.2) is 76.7 Å². The molecule has 1 amide bonds. The number of carbonyl (C=O) groups is 3. The van der Waals surface area contributed by atoms with Crippen molar-refractivity contribution in [2.75, 3.05) is 32.8 Å². The van der Waals surface area contributed by atoms with Crippen LogP contribution in [0, 0.1) is 18.8 Å². The van der Waals surface area contributed by atoms with E-state index in [2.05, 4.69) is 18.7 Å². The lowest BCUT2D eigenvalue weighted by Gasteiger charge is -2.43. The average Bonchev–Trinajstić information content (AvgIpc) is 2.73. The molecular formula is C23H34N2O6. The van der Waals surface area contributed by atoms with Crippen LogP contribution in [0.1, 0.15) is 38.7 Å². The lowest BCUT2D eigenvalue weighted by molar-refractivity contribution is -0.159. The summed E-state index contributed by atoms with van der Waals surface area (Å²) < 4.78 is 5.65. The van der Waals surface area contributed by atoms with Crippen LogP contribution in [0.2, 0.25) is 0 Å². The second kappa shape index (κ2) is 11.7. The number of carboxylic acid groups (broad SMARTS) is 2. The molecule has 1 aromatic carbocycles. The largest absolute Gasteiger partial charge is 0.484 e. The Kier molecular flexibility index (Phi) is 9.30. The fraction of sp³-hybridized carbons (Fsp3) is 0.609. The zero-order valence-corrected chi connectivity index (χ0v) is 18.6. The van der Waals surface area contributed by atoms with E-state index in [0.717, 1.165) is 43.5 Å². The van der Waals surface area contributed by atoms with Crippen LogP contribution in [-0.2, 0) is 14.4 Å². The lowest BCUT2D eigenvalue weighted by atomic mass is 9.89. The number of amides is 1. The van der Waals surface area contributed by atoms with Gasteiger partial charge >= 0.3 is 11.9 Å². The molecule has 8 nitrogen and oxygen atoms in total. The normalized spacial score (nSPS) is 22.2. The summed E-state index contributed by atoms with van der Waals surface area (Å²) in [7, 11) is 0. The molecule has 2 saturated heterocycles. The first-order valence-corrected chi connectivity index (χ1v) is 10.8. The van der Waals surface area contributed by atoms with E-state index < -0.39 is 11.9 Å². The molecule has 31 heavy (non-hydrogen) atoms. The number of likely N-dealkylation sites (tertiary alicyclic amines) is 2. The zero-order chi connectivity index (χ0) is 23.0. The second-order valence-electron chi connectivity index (χ2n) is 8.72. The van der Waals surface area contributed by atoms with Gasteiger partial charge in [0.2, 0.25) is 0 Å². The van der Waals surface area contributed by atoms with Crippen LogP contribution >= 0.6 is 0 Å². The van der Waals surface area contributed by atoms with Gasteiger partial charge in [-0.05, 0) is 50.2 Å². The Labute approximate surface area is 183 Å². The van der Waals surface area contributed by atoms with Crippen molar-refractivity contribution < 1.29 is 29.3 Å². The fourth-order valence-electron chi connectivity index (χ4n) is 4.36. The summed E-state index contributed by atoms with van der Waals surface area (Å²) in [4.78, 5) is 35.3. The monoisotopic (exact) mass is 434 g/mol. The third kappa shape index (κ3) is 8.20. The van der Waals surface area contributed by atoms with Crippen molar-refractivity contribution in [3.63, 3.8) is 0 Å². The van der Waals surface area contributed by atoms with Crippen molar-refractivity contribution in [2.45, 2.75) is 46.1 Å². The summed E-state index contributed by atoms with van der Waals surface area (Å²) in [6, 6.07) is 8.51. The fourth-order valence-corrected chi connectivity index (χ4v) is 4.36. The van der Waals surface area contributed by atoms with Gasteiger partial charge in [0, 0.05) is 32.2 Å². The number of ether oxygens (including phenoxy) is 1. The number of rotatable bonds is 4. The molecule has 0 bridgehead atoms. The third-order valence-electron chi connectivity index (χ3n) is 5.80. The molecule has 1 aromatic rings. The van der Waals surface area contributed by atoms with Gasteiger partial charge in [0.05, 0.1) is 0 Å². The topological polar surface area (TPSA) is 107 Å². The number of nitrogens with zero attached hydrogens (tertiary/aromatic N) is 2. The number of aliphatic carboxylic acids is 2. The summed E-state index contributed by atoms with van der Waals surface area (Å²) in [5.74, 6) is -1.17. The van der Waals surface area contributed by atoms with Gasteiger partial charge in [-0.15, -0.1) is 0 Å². The van der Waals surface area contributed by atoms with Crippen molar-refractivity contribution >= 4 is 17.8 Å². The van der Waals surface area contributed by atoms with Crippen LogP contribution in [0.25, 0.3) is 0 Å². The predicted molar refractivity (Wildman–Crippen MR) is 116 cm³/mol. The molecule has 172 valence electrons. The highest BCUT2D eigenvalue weighted by atomic mass is 16.5. The van der Waals surface area contributed by atoms with E-state index in [1.165, 1.54) is 25.1 Å². The number of benzene rings is 1. The molecule has 2 aliphatic heterocycles. The SMILES string of the molecule is Cc1ccc(OCC(=O)N2CCC(N3CC(C)CC(C)C3)CC2)cc1.O=C(O)C(=O)O. The molecule has 2 heterocycles. The van der Waals surface area contributed by atoms with Crippen molar-refractivity contribution in [3.8, 4) is 5.75 Å². The Morgan fingerprint density at radius 2 is 1.48 bits per heavy atom. The van der Waals surface area contributed by atoms with Crippen LogP contribution in [0.15, 0.2) is 24.3 Å². The first kappa shape index (κ1) is 24.7. The maximum atomic E-state index is 12.4. The van der Waals surface area contributed by atoms with Crippen LogP contribution in [0.3, 0.4) is 0 Å². The molecule has 8 heteroatoms. The third-order valence-corrected chi connectivity index (χ3v) is 5.80. The van der Waals surface area contributed by atoms with Crippen molar-refractivity contribution in [1.29, 1.82) is 0 Å². The molecule has 2 N–H and O–H groups in total. The van der Waals surface area contributed by atoms with E-state index in [0.29, 0.717) is 6.04 Å². The maximum Gasteiger partial charge on any atom is 0.414 e. The Morgan fingerprint density at radius 1 is 0.968 bits per heavy atom. The summed E-state index contributed by atoms with van der Waals surface area (Å²) in [5, 5.41) is 14.8. The number of carbonyl (C=O) groups excluding carboxylic acids is 1. The van der Waals surface area contributed by atoms with Gasteiger partial charge in [0.25, 0.3) is 5.91 Å². The zero-order valence-electron chi connectivity index (χ0n) is 18.6. The van der Waals surface area contributed by atoms with Gasteiger partial charge in [-0.1, -0.05) is 31.5 Å². The Balaban J connectivity index is 0.000000501. The summed E-state index contributed by atoms with van der Waals surface area (Å²) in [5.41, 5.74) is 1.20. The molecule has 2 atom stereocenters. The highest BCUT2D eigenvalue weighted by Crippen LogP contribution is 2.26.